The summed E-state index contributed by atoms with van der Waals surface area (Å²) in [6, 6.07) is 15.4. The molecule has 4 rings (SSSR count). The van der Waals surface area contributed by atoms with Crippen molar-refractivity contribution in [3.05, 3.63) is 70.6 Å². The third-order valence-corrected chi connectivity index (χ3v) is 4.97. The number of rotatable bonds is 4. The van der Waals surface area contributed by atoms with Crippen LogP contribution in [0.25, 0.3) is 11.8 Å². The van der Waals surface area contributed by atoms with Crippen molar-refractivity contribution in [3.8, 4) is 5.69 Å². The van der Waals surface area contributed by atoms with Gasteiger partial charge in [0.2, 0.25) is 0 Å². The number of aromatic nitrogens is 4. The van der Waals surface area contributed by atoms with E-state index in [1.807, 2.05) is 54.7 Å². The SMILES string of the molecule is Clc1ccc(-n2nnnc2C=CN2CCN(c3cccc(Cl)c3)CC2)cc1. The van der Waals surface area contributed by atoms with Crippen molar-refractivity contribution in [2.24, 2.45) is 0 Å². The third-order valence-electron chi connectivity index (χ3n) is 4.49. The van der Waals surface area contributed by atoms with E-state index < -0.39 is 0 Å². The lowest BCUT2D eigenvalue weighted by Crippen LogP contribution is -2.44. The molecule has 2 heterocycles. The molecule has 0 saturated carbocycles. The van der Waals surface area contributed by atoms with Crippen molar-refractivity contribution in [2.75, 3.05) is 31.1 Å². The number of piperazine rings is 1. The predicted octanol–water partition coefficient (Wildman–Crippen LogP) is 3.76. The summed E-state index contributed by atoms with van der Waals surface area (Å²) < 4.78 is 1.69. The molecule has 0 amide bonds. The van der Waals surface area contributed by atoms with Crippen LogP contribution in [0.1, 0.15) is 5.82 Å². The minimum absolute atomic E-state index is 0.676. The first-order valence-corrected chi connectivity index (χ1v) is 9.42. The van der Waals surface area contributed by atoms with Crippen LogP contribution in [0.5, 0.6) is 0 Å². The first-order chi connectivity index (χ1) is 13.2. The molecule has 0 spiro atoms. The van der Waals surface area contributed by atoms with Crippen LogP contribution >= 0.6 is 23.2 Å². The van der Waals surface area contributed by atoms with Gasteiger partial charge >= 0.3 is 0 Å². The molecular weight excluding hydrogens is 383 g/mol. The Labute approximate surface area is 167 Å². The molecule has 138 valence electrons. The van der Waals surface area contributed by atoms with Gasteiger partial charge in [-0.05, 0) is 52.9 Å². The minimum atomic E-state index is 0.676. The average Bonchev–Trinajstić information content (AvgIpc) is 3.16. The van der Waals surface area contributed by atoms with Crippen molar-refractivity contribution in [2.45, 2.75) is 0 Å². The van der Waals surface area contributed by atoms with E-state index in [4.69, 9.17) is 23.2 Å². The van der Waals surface area contributed by atoms with E-state index in [0.717, 1.165) is 42.6 Å². The Kier molecular flexibility index (Phi) is 5.27. The maximum atomic E-state index is 6.10. The monoisotopic (exact) mass is 400 g/mol. The van der Waals surface area contributed by atoms with E-state index in [-0.39, 0.29) is 0 Å². The Hall–Kier alpha value is -2.57. The standard InChI is InChI=1S/C19H18Cl2N6/c20-15-4-6-17(7-5-15)27-19(22-23-24-27)8-9-25-10-12-26(13-11-25)18-3-1-2-16(21)14-18/h1-9,14H,10-13H2. The van der Waals surface area contributed by atoms with Gasteiger partial charge in [0.25, 0.3) is 0 Å². The van der Waals surface area contributed by atoms with E-state index >= 15 is 0 Å². The van der Waals surface area contributed by atoms with Crippen molar-refractivity contribution in [1.82, 2.24) is 25.1 Å². The summed E-state index contributed by atoms with van der Waals surface area (Å²) in [6.45, 7) is 3.72. The van der Waals surface area contributed by atoms with Crippen LogP contribution in [0.2, 0.25) is 10.0 Å². The molecule has 0 aliphatic carbocycles. The number of hydrogen-bond acceptors (Lipinski definition) is 5. The van der Waals surface area contributed by atoms with Crippen LogP contribution in [0.4, 0.5) is 5.69 Å². The molecule has 1 aliphatic heterocycles. The van der Waals surface area contributed by atoms with E-state index in [1.54, 1.807) is 4.68 Å². The van der Waals surface area contributed by atoms with Crippen molar-refractivity contribution >= 4 is 35.0 Å². The Bertz CT molecular complexity index is 929. The minimum Gasteiger partial charge on any atom is -0.374 e. The normalized spacial score (nSPS) is 14.9. The molecule has 1 aliphatic rings. The van der Waals surface area contributed by atoms with Gasteiger partial charge in [-0.25, -0.2) is 0 Å². The van der Waals surface area contributed by atoms with Crippen LogP contribution in [0.15, 0.2) is 54.7 Å². The Morgan fingerprint density at radius 1 is 0.852 bits per heavy atom. The van der Waals surface area contributed by atoms with Crippen LogP contribution in [0.3, 0.4) is 0 Å². The quantitative estimate of drug-likeness (QED) is 0.666. The smallest absolute Gasteiger partial charge is 0.181 e. The number of tetrazole rings is 1. The molecule has 8 heteroatoms. The van der Waals surface area contributed by atoms with Gasteiger partial charge in [-0.15, -0.1) is 5.10 Å². The van der Waals surface area contributed by atoms with Crippen molar-refractivity contribution in [3.63, 3.8) is 0 Å². The number of halogens is 2. The molecule has 0 atom stereocenters. The van der Waals surface area contributed by atoms with E-state index in [2.05, 4.69) is 31.4 Å². The average molecular weight is 401 g/mol. The zero-order valence-electron chi connectivity index (χ0n) is 14.5. The lowest BCUT2D eigenvalue weighted by Gasteiger charge is -2.35. The second kappa shape index (κ2) is 7.98. The molecule has 3 aromatic rings. The zero-order valence-corrected chi connectivity index (χ0v) is 16.1. The predicted molar refractivity (Wildman–Crippen MR) is 108 cm³/mol. The maximum absolute atomic E-state index is 6.10. The molecule has 0 N–H and O–H groups in total. The molecule has 27 heavy (non-hydrogen) atoms. The molecule has 0 unspecified atom stereocenters. The van der Waals surface area contributed by atoms with Crippen LogP contribution in [-0.4, -0.2) is 51.3 Å². The summed E-state index contributed by atoms with van der Waals surface area (Å²) in [7, 11) is 0. The van der Waals surface area contributed by atoms with Crippen molar-refractivity contribution in [1.29, 1.82) is 0 Å². The number of anilines is 1. The highest BCUT2D eigenvalue weighted by Crippen LogP contribution is 2.21. The molecule has 1 saturated heterocycles. The first-order valence-electron chi connectivity index (χ1n) is 8.66. The van der Waals surface area contributed by atoms with Gasteiger partial charge < -0.3 is 9.80 Å². The Morgan fingerprint density at radius 3 is 2.37 bits per heavy atom. The van der Waals surface area contributed by atoms with Gasteiger partial charge in [0.05, 0.1) is 5.69 Å². The fourth-order valence-corrected chi connectivity index (χ4v) is 3.35. The van der Waals surface area contributed by atoms with Gasteiger partial charge in [0, 0.05) is 54.2 Å². The molecular formula is C19H18Cl2N6. The fraction of sp³-hybridized carbons (Fsp3) is 0.211. The molecule has 1 aromatic heterocycles. The Balaban J connectivity index is 1.40. The third kappa shape index (κ3) is 4.23. The highest BCUT2D eigenvalue weighted by Gasteiger charge is 2.15. The number of hydrogen-bond donors (Lipinski definition) is 0. The molecule has 0 bridgehead atoms. The summed E-state index contributed by atoms with van der Waals surface area (Å²) in [5.41, 5.74) is 2.03. The first kappa shape index (κ1) is 17.8. The molecule has 0 radical (unpaired) electrons. The van der Waals surface area contributed by atoms with Gasteiger partial charge in [0.1, 0.15) is 0 Å². The fourth-order valence-electron chi connectivity index (χ4n) is 3.04. The maximum Gasteiger partial charge on any atom is 0.181 e. The summed E-state index contributed by atoms with van der Waals surface area (Å²) in [4.78, 5) is 4.61. The van der Waals surface area contributed by atoms with Crippen LogP contribution in [0, 0.1) is 0 Å². The van der Waals surface area contributed by atoms with Crippen LogP contribution in [-0.2, 0) is 0 Å². The second-order valence-electron chi connectivity index (χ2n) is 6.24. The second-order valence-corrected chi connectivity index (χ2v) is 7.12. The van der Waals surface area contributed by atoms with Gasteiger partial charge in [0.15, 0.2) is 5.82 Å². The molecule has 2 aromatic carbocycles. The highest BCUT2D eigenvalue weighted by molar-refractivity contribution is 6.31. The summed E-state index contributed by atoms with van der Waals surface area (Å²) in [5, 5.41) is 13.4. The lowest BCUT2D eigenvalue weighted by molar-refractivity contribution is 0.351. The van der Waals surface area contributed by atoms with E-state index in [0.29, 0.717) is 10.8 Å². The molecule has 1 fully saturated rings. The van der Waals surface area contributed by atoms with Gasteiger partial charge in [-0.1, -0.05) is 29.3 Å². The number of nitrogens with zero attached hydrogens (tertiary/aromatic N) is 6. The number of benzene rings is 2. The van der Waals surface area contributed by atoms with E-state index in [9.17, 15) is 0 Å². The van der Waals surface area contributed by atoms with Gasteiger partial charge in [-0.3, -0.25) is 0 Å². The lowest BCUT2D eigenvalue weighted by atomic mass is 10.2. The Morgan fingerprint density at radius 2 is 1.63 bits per heavy atom. The van der Waals surface area contributed by atoms with Gasteiger partial charge in [-0.2, -0.15) is 4.68 Å². The summed E-state index contributed by atoms with van der Waals surface area (Å²) >= 11 is 12.0. The van der Waals surface area contributed by atoms with Crippen molar-refractivity contribution < 1.29 is 0 Å². The van der Waals surface area contributed by atoms with Crippen LogP contribution < -0.4 is 4.90 Å². The highest BCUT2D eigenvalue weighted by atomic mass is 35.5. The zero-order chi connectivity index (χ0) is 18.6. The van der Waals surface area contributed by atoms with E-state index in [1.165, 1.54) is 0 Å². The summed E-state index contributed by atoms with van der Waals surface area (Å²) in [5.74, 6) is 0.676. The molecule has 6 nitrogen and oxygen atoms in total. The topological polar surface area (TPSA) is 50.1 Å². The summed E-state index contributed by atoms with van der Waals surface area (Å²) in [6.07, 6.45) is 3.98. The largest absolute Gasteiger partial charge is 0.374 e.